The first-order chi connectivity index (χ1) is 17.1. The van der Waals surface area contributed by atoms with Gasteiger partial charge in [-0.05, 0) is 29.8 Å². The van der Waals surface area contributed by atoms with Crippen LogP contribution in [-0.2, 0) is 14.8 Å². The Morgan fingerprint density at radius 1 is 1.25 bits per heavy atom. The number of sulfonamides is 1. The number of piperidine rings is 1. The van der Waals surface area contributed by atoms with Gasteiger partial charge < -0.3 is 20.5 Å². The lowest BCUT2D eigenvalue weighted by Gasteiger charge is -2.31. The number of carboxylic acids is 1. The molecule has 0 radical (unpaired) electrons. The smallest absolute Gasteiger partial charge is 0.320 e. The van der Waals surface area contributed by atoms with Crippen molar-refractivity contribution in [1.29, 1.82) is 10.8 Å². The molecule has 36 heavy (non-hydrogen) atoms. The summed E-state index contributed by atoms with van der Waals surface area (Å²) in [7, 11) is -4.21. The van der Waals surface area contributed by atoms with Crippen molar-refractivity contribution in [2.75, 3.05) is 29.7 Å². The van der Waals surface area contributed by atoms with Crippen LogP contribution in [0.15, 0.2) is 48.5 Å². The van der Waals surface area contributed by atoms with Crippen LogP contribution >= 0.6 is 11.6 Å². The molecule has 2 aromatic carbocycles. The molecule has 0 saturated carbocycles. The van der Waals surface area contributed by atoms with Crippen molar-refractivity contribution in [3.05, 3.63) is 64.7 Å². The Balaban J connectivity index is 1.81. The van der Waals surface area contributed by atoms with E-state index in [9.17, 15) is 13.2 Å². The van der Waals surface area contributed by atoms with E-state index in [1.165, 1.54) is 18.5 Å². The van der Waals surface area contributed by atoms with Crippen LogP contribution < -0.4 is 14.8 Å². The Hall–Kier alpha value is -3.57. The molecule has 2 aromatic rings. The highest BCUT2D eigenvalue weighted by atomic mass is 35.5. The molecule has 12 heteroatoms. The van der Waals surface area contributed by atoms with Crippen molar-refractivity contribution >= 4 is 51.5 Å². The number of carbonyl (C=O) groups is 1. The number of nitrogens with two attached hydrogens (primary N) is 1. The standard InChI is InChI=1S/C24H28ClN5O5S/c25-21-14-19(6-7-22(21)35-20-8-11-29(16-26)12-9-20)30(36(33,34)15-23(31)32)10-2-4-17-3-1-5-18(13-17)24(27)28/h1-7,13-14,16,20,26H,8-12,15H2,(H3,27,28)(H,31,32). The molecule has 0 aromatic heterocycles. The van der Waals surface area contributed by atoms with Gasteiger partial charge in [0.2, 0.25) is 10.0 Å². The molecule has 0 bridgehead atoms. The van der Waals surface area contributed by atoms with E-state index in [4.69, 9.17) is 38.0 Å². The molecule has 5 N–H and O–H groups in total. The maximum Gasteiger partial charge on any atom is 0.320 e. The molecule has 0 unspecified atom stereocenters. The van der Waals surface area contributed by atoms with Crippen molar-refractivity contribution in [3.8, 4) is 5.75 Å². The highest BCUT2D eigenvalue weighted by molar-refractivity contribution is 7.93. The van der Waals surface area contributed by atoms with E-state index in [1.807, 2.05) is 4.90 Å². The van der Waals surface area contributed by atoms with Crippen LogP contribution in [0.3, 0.4) is 0 Å². The first-order valence-corrected chi connectivity index (χ1v) is 13.1. The number of amidine groups is 1. The van der Waals surface area contributed by atoms with E-state index < -0.39 is 21.7 Å². The topological polar surface area (TPSA) is 161 Å². The number of halogens is 1. The molecular formula is C24H28ClN5O5S. The van der Waals surface area contributed by atoms with Gasteiger partial charge in [-0.25, -0.2) is 8.42 Å². The zero-order valence-electron chi connectivity index (χ0n) is 19.4. The van der Waals surface area contributed by atoms with Gasteiger partial charge in [-0.1, -0.05) is 42.0 Å². The molecule has 0 atom stereocenters. The van der Waals surface area contributed by atoms with Crippen molar-refractivity contribution in [2.45, 2.75) is 18.9 Å². The van der Waals surface area contributed by atoms with Gasteiger partial charge in [-0.15, -0.1) is 0 Å². The Labute approximate surface area is 215 Å². The van der Waals surface area contributed by atoms with Gasteiger partial charge in [0.1, 0.15) is 17.7 Å². The first kappa shape index (κ1) is 27.0. The molecule has 1 saturated heterocycles. The summed E-state index contributed by atoms with van der Waals surface area (Å²) < 4.78 is 32.7. The SMILES string of the molecule is N=CN1CCC(Oc2ccc(N(CC=Cc3cccc(C(=N)N)c3)S(=O)(=O)CC(=O)O)cc2Cl)CC1. The molecule has 3 rings (SSSR count). The Kier molecular flexibility index (Phi) is 8.94. The Morgan fingerprint density at radius 3 is 2.58 bits per heavy atom. The third-order valence-electron chi connectivity index (χ3n) is 5.58. The number of benzene rings is 2. The summed E-state index contributed by atoms with van der Waals surface area (Å²) in [5.74, 6) is -2.24. The van der Waals surface area contributed by atoms with Crippen LogP contribution in [0.25, 0.3) is 6.08 Å². The fourth-order valence-electron chi connectivity index (χ4n) is 3.75. The molecule has 10 nitrogen and oxygen atoms in total. The number of ether oxygens (including phenoxy) is 1. The van der Waals surface area contributed by atoms with Gasteiger partial charge >= 0.3 is 5.97 Å². The summed E-state index contributed by atoms with van der Waals surface area (Å²) in [5.41, 5.74) is 6.95. The number of anilines is 1. The molecule has 1 fully saturated rings. The van der Waals surface area contributed by atoms with Gasteiger partial charge in [0.15, 0.2) is 5.75 Å². The maximum atomic E-state index is 12.9. The first-order valence-electron chi connectivity index (χ1n) is 11.1. The molecular weight excluding hydrogens is 506 g/mol. The van der Waals surface area contributed by atoms with Crippen LogP contribution in [-0.4, -0.2) is 68.1 Å². The summed E-state index contributed by atoms with van der Waals surface area (Å²) >= 11 is 6.42. The number of carboxylic acid groups (broad SMARTS) is 1. The summed E-state index contributed by atoms with van der Waals surface area (Å²) in [4.78, 5) is 13.1. The molecule has 0 aliphatic carbocycles. The van der Waals surface area contributed by atoms with E-state index in [0.717, 1.165) is 17.1 Å². The summed E-state index contributed by atoms with van der Waals surface area (Å²) in [6.45, 7) is 1.26. The van der Waals surface area contributed by atoms with Crippen molar-refractivity contribution in [3.63, 3.8) is 0 Å². The van der Waals surface area contributed by atoms with E-state index in [0.29, 0.717) is 30.0 Å². The predicted octanol–water partition coefficient (Wildman–Crippen LogP) is 3.01. The van der Waals surface area contributed by atoms with Gasteiger partial charge in [-0.3, -0.25) is 19.9 Å². The summed E-state index contributed by atoms with van der Waals surface area (Å²) in [6, 6.07) is 11.4. The minimum atomic E-state index is -4.21. The maximum absolute atomic E-state index is 12.9. The number of hydrogen-bond acceptors (Lipinski definition) is 6. The number of nitrogens with zero attached hydrogens (tertiary/aromatic N) is 2. The number of likely N-dealkylation sites (tertiary alicyclic amines) is 1. The molecule has 1 heterocycles. The second-order valence-corrected chi connectivity index (χ2v) is 10.5. The quantitative estimate of drug-likeness (QED) is 0.255. The van der Waals surface area contributed by atoms with Gasteiger partial charge in [-0.2, -0.15) is 0 Å². The minimum absolute atomic E-state index is 0.0786. The third kappa shape index (κ3) is 7.22. The van der Waals surface area contributed by atoms with Gasteiger partial charge in [0.25, 0.3) is 0 Å². The normalized spacial score (nSPS) is 14.5. The number of nitrogen functional groups attached to an aromatic ring is 1. The highest BCUT2D eigenvalue weighted by Crippen LogP contribution is 2.32. The minimum Gasteiger partial charge on any atom is -0.489 e. The Bertz CT molecular complexity index is 1260. The van der Waals surface area contributed by atoms with E-state index in [2.05, 4.69) is 0 Å². The van der Waals surface area contributed by atoms with Crippen LogP contribution in [0, 0.1) is 10.8 Å². The van der Waals surface area contributed by atoms with E-state index >= 15 is 0 Å². The lowest BCUT2D eigenvalue weighted by Crippen LogP contribution is -2.37. The van der Waals surface area contributed by atoms with E-state index in [-0.39, 0.29) is 29.2 Å². The van der Waals surface area contributed by atoms with Crippen LogP contribution in [0.4, 0.5) is 5.69 Å². The average Bonchev–Trinajstić information content (AvgIpc) is 2.83. The van der Waals surface area contributed by atoms with Crippen molar-refractivity contribution in [2.24, 2.45) is 5.73 Å². The van der Waals surface area contributed by atoms with Gasteiger partial charge in [0.05, 0.1) is 23.6 Å². The van der Waals surface area contributed by atoms with E-state index in [1.54, 1.807) is 42.5 Å². The van der Waals surface area contributed by atoms with Crippen molar-refractivity contribution < 1.29 is 23.1 Å². The number of rotatable bonds is 11. The van der Waals surface area contributed by atoms with Crippen LogP contribution in [0.2, 0.25) is 5.02 Å². The largest absolute Gasteiger partial charge is 0.489 e. The molecule has 1 aliphatic rings. The highest BCUT2D eigenvalue weighted by Gasteiger charge is 2.26. The fourth-order valence-corrected chi connectivity index (χ4v) is 5.19. The number of hydrogen-bond donors (Lipinski definition) is 4. The summed E-state index contributed by atoms with van der Waals surface area (Å²) in [5, 5.41) is 24.2. The van der Waals surface area contributed by atoms with Crippen molar-refractivity contribution in [1.82, 2.24) is 4.90 Å². The predicted molar refractivity (Wildman–Crippen MR) is 141 cm³/mol. The van der Waals surface area contributed by atoms with Gasteiger partial charge in [0, 0.05) is 31.5 Å². The number of aliphatic carboxylic acids is 1. The number of nitrogens with one attached hydrogen (secondary N) is 2. The lowest BCUT2D eigenvalue weighted by atomic mass is 10.1. The zero-order valence-corrected chi connectivity index (χ0v) is 21.0. The summed E-state index contributed by atoms with van der Waals surface area (Å²) in [6.07, 6.45) is 5.91. The monoisotopic (exact) mass is 533 g/mol. The lowest BCUT2D eigenvalue weighted by molar-refractivity contribution is -0.134. The molecule has 1 aliphatic heterocycles. The molecule has 192 valence electrons. The fraction of sp³-hybridized carbons (Fsp3) is 0.292. The molecule has 0 spiro atoms. The second-order valence-electron chi connectivity index (χ2n) is 8.22. The van der Waals surface area contributed by atoms with Crippen LogP contribution in [0.1, 0.15) is 24.0 Å². The second kappa shape index (κ2) is 11.9. The third-order valence-corrected chi connectivity index (χ3v) is 7.52. The van der Waals surface area contributed by atoms with Crippen LogP contribution in [0.5, 0.6) is 5.75 Å². The average molecular weight is 534 g/mol. The Morgan fingerprint density at radius 2 is 1.97 bits per heavy atom. The molecule has 0 amide bonds. The zero-order chi connectivity index (χ0) is 26.3.